The molecule has 0 bridgehead atoms. The highest BCUT2D eigenvalue weighted by molar-refractivity contribution is 5.76. The molecule has 4 heterocycles. The lowest BCUT2D eigenvalue weighted by Gasteiger charge is -2.19. The molecule has 2 aliphatic heterocycles. The van der Waals surface area contributed by atoms with Crippen LogP contribution in [0.1, 0.15) is 36.6 Å². The van der Waals surface area contributed by atoms with Gasteiger partial charge in [-0.05, 0) is 33.4 Å². The number of carbonyl (C=O) groups is 1. The molecular weight excluding hydrogens is 422 g/mol. The fourth-order valence-electron chi connectivity index (χ4n) is 4.13. The lowest BCUT2D eigenvalue weighted by atomic mass is 10.3. The Morgan fingerprint density at radius 2 is 2.21 bits per heavy atom. The molecule has 2 aromatic heterocycles. The van der Waals surface area contributed by atoms with E-state index in [0.29, 0.717) is 62.6 Å². The first-order valence-electron chi connectivity index (χ1n) is 11.4. The third-order valence-electron chi connectivity index (χ3n) is 6.03. The van der Waals surface area contributed by atoms with Crippen molar-refractivity contribution in [2.24, 2.45) is 0 Å². The number of nitrogens with zero attached hydrogens (tertiary/aromatic N) is 7. The Balaban J connectivity index is 1.36. The highest BCUT2D eigenvalue weighted by atomic mass is 16.5. The van der Waals surface area contributed by atoms with Crippen LogP contribution in [0, 0.1) is 18.3 Å². The van der Waals surface area contributed by atoms with E-state index in [4.69, 9.17) is 4.74 Å². The predicted octanol–water partition coefficient (Wildman–Crippen LogP) is 1.52. The molecule has 0 aliphatic carbocycles. The smallest absolute Gasteiger partial charge is 0.229 e. The van der Waals surface area contributed by atoms with Crippen LogP contribution in [0.5, 0.6) is 0 Å². The maximum atomic E-state index is 12.1. The summed E-state index contributed by atoms with van der Waals surface area (Å²) in [5, 5.41) is 20.6. The highest BCUT2D eigenvalue weighted by Crippen LogP contribution is 2.25. The lowest BCUT2D eigenvalue weighted by molar-refractivity contribution is -0.130. The van der Waals surface area contributed by atoms with E-state index >= 15 is 0 Å². The van der Waals surface area contributed by atoms with Gasteiger partial charge < -0.3 is 25.2 Å². The average Bonchev–Trinajstić information content (AvgIpc) is 3.33. The number of aromatic nitrogens is 4. The second kappa shape index (κ2) is 10.6. The molecule has 0 saturated carbocycles. The quantitative estimate of drug-likeness (QED) is 0.573. The normalized spacial score (nSPS) is 19.4. The second-order valence-electron chi connectivity index (χ2n) is 8.53. The van der Waals surface area contributed by atoms with E-state index in [0.717, 1.165) is 37.3 Å². The average molecular weight is 454 g/mol. The van der Waals surface area contributed by atoms with Crippen molar-refractivity contribution < 1.29 is 9.53 Å². The maximum absolute atomic E-state index is 12.1. The molecule has 0 aromatic carbocycles. The zero-order valence-electron chi connectivity index (χ0n) is 19.3. The maximum Gasteiger partial charge on any atom is 0.229 e. The largest absolute Gasteiger partial charge is 0.379 e. The molecule has 1 unspecified atom stereocenters. The van der Waals surface area contributed by atoms with Crippen molar-refractivity contribution in [3.63, 3.8) is 0 Å². The number of anilines is 3. The van der Waals surface area contributed by atoms with Crippen LogP contribution in [0.3, 0.4) is 0 Å². The molecule has 2 N–H and O–H groups in total. The molecule has 2 fully saturated rings. The van der Waals surface area contributed by atoms with E-state index < -0.39 is 0 Å². The molecule has 2 saturated heterocycles. The third-order valence-corrected chi connectivity index (χ3v) is 6.03. The first-order valence-corrected chi connectivity index (χ1v) is 11.4. The van der Waals surface area contributed by atoms with E-state index in [9.17, 15) is 10.1 Å². The summed E-state index contributed by atoms with van der Waals surface area (Å²) in [7, 11) is 2.12. The van der Waals surface area contributed by atoms with Crippen molar-refractivity contribution in [2.75, 3.05) is 63.6 Å². The van der Waals surface area contributed by atoms with Crippen molar-refractivity contribution in [1.82, 2.24) is 29.5 Å². The van der Waals surface area contributed by atoms with Crippen LogP contribution >= 0.6 is 0 Å². The van der Waals surface area contributed by atoms with E-state index in [-0.39, 0.29) is 5.91 Å². The van der Waals surface area contributed by atoms with E-state index in [1.54, 1.807) is 0 Å². The van der Waals surface area contributed by atoms with Crippen LogP contribution in [0.2, 0.25) is 0 Å². The first-order chi connectivity index (χ1) is 16.0. The fraction of sp³-hybridized carbons (Fsp3) is 0.591. The number of hydrogen-bond acceptors (Lipinski definition) is 9. The van der Waals surface area contributed by atoms with Gasteiger partial charge in [0.15, 0.2) is 0 Å². The highest BCUT2D eigenvalue weighted by Gasteiger charge is 2.23. The summed E-state index contributed by atoms with van der Waals surface area (Å²) in [6.45, 7) is 6.92. The van der Waals surface area contributed by atoms with Gasteiger partial charge in [-0.15, -0.1) is 0 Å². The number of aryl methyl sites for hydroxylation is 1. The number of hydrogen-bond donors (Lipinski definition) is 2. The van der Waals surface area contributed by atoms with Crippen LogP contribution in [0.4, 0.5) is 17.5 Å². The number of carbonyl (C=O) groups excluding carboxylic acids is 1. The van der Waals surface area contributed by atoms with Crippen molar-refractivity contribution in [3.8, 4) is 6.07 Å². The number of ether oxygens (including phenoxy) is 1. The summed E-state index contributed by atoms with van der Waals surface area (Å²) in [5.41, 5.74) is 2.10. The number of likely N-dealkylation sites (tertiary alicyclic amines) is 1. The van der Waals surface area contributed by atoms with E-state index in [1.807, 2.05) is 22.7 Å². The second-order valence-corrected chi connectivity index (χ2v) is 8.53. The Morgan fingerprint density at radius 3 is 3.00 bits per heavy atom. The minimum Gasteiger partial charge on any atom is -0.379 e. The Bertz CT molecular complexity index is 1020. The molecule has 0 spiro atoms. The number of rotatable bonds is 8. The summed E-state index contributed by atoms with van der Waals surface area (Å²) in [4.78, 5) is 25.0. The van der Waals surface area contributed by atoms with Gasteiger partial charge in [0.05, 0.1) is 43.3 Å². The number of nitriles is 1. The molecule has 176 valence electrons. The van der Waals surface area contributed by atoms with Gasteiger partial charge in [0.1, 0.15) is 17.5 Å². The van der Waals surface area contributed by atoms with Gasteiger partial charge in [0, 0.05) is 32.4 Å². The van der Waals surface area contributed by atoms with Crippen LogP contribution < -0.4 is 10.6 Å². The minimum atomic E-state index is 0.124. The molecule has 33 heavy (non-hydrogen) atoms. The first kappa shape index (κ1) is 22.9. The summed E-state index contributed by atoms with van der Waals surface area (Å²) in [5.74, 6) is 1.00. The molecule has 11 heteroatoms. The van der Waals surface area contributed by atoms with E-state index in [1.165, 1.54) is 6.20 Å². The summed E-state index contributed by atoms with van der Waals surface area (Å²) in [6, 6.07) is 2.50. The van der Waals surface area contributed by atoms with Crippen LogP contribution in [-0.4, -0.2) is 88.4 Å². The van der Waals surface area contributed by atoms with Crippen molar-refractivity contribution in [2.45, 2.75) is 32.2 Å². The number of amides is 1. The van der Waals surface area contributed by atoms with Crippen molar-refractivity contribution in [3.05, 3.63) is 23.7 Å². The number of likely N-dealkylation sites (N-methyl/N-ethyl adjacent to an activating group) is 1. The van der Waals surface area contributed by atoms with Crippen molar-refractivity contribution in [1.29, 1.82) is 5.26 Å². The molecule has 4 rings (SSSR count). The van der Waals surface area contributed by atoms with Gasteiger partial charge in [-0.3, -0.25) is 9.48 Å². The molecular formula is C22H31N9O2. The van der Waals surface area contributed by atoms with Crippen LogP contribution in [0.25, 0.3) is 0 Å². The van der Waals surface area contributed by atoms with Gasteiger partial charge in [-0.25, -0.2) is 4.98 Å². The monoisotopic (exact) mass is 453 g/mol. The SMILES string of the molecule is Cc1nn(C2CCN(C)C2)cc1Nc1ncc(C#N)c(NCCCN2CCOCCC2=O)n1. The van der Waals surface area contributed by atoms with E-state index in [2.05, 4.69) is 43.7 Å². The zero-order chi connectivity index (χ0) is 23.2. The Morgan fingerprint density at radius 1 is 1.33 bits per heavy atom. The Labute approximate surface area is 193 Å². The molecule has 11 nitrogen and oxygen atoms in total. The molecule has 2 aliphatic rings. The molecule has 1 atom stereocenters. The van der Waals surface area contributed by atoms with Crippen LogP contribution in [-0.2, 0) is 9.53 Å². The van der Waals surface area contributed by atoms with Gasteiger partial charge in [0.25, 0.3) is 0 Å². The topological polar surface area (TPSA) is 124 Å². The fourth-order valence-corrected chi connectivity index (χ4v) is 4.13. The Hall–Kier alpha value is -3.23. The summed E-state index contributed by atoms with van der Waals surface area (Å²) in [6.07, 6.45) is 5.76. The zero-order valence-corrected chi connectivity index (χ0v) is 19.3. The number of nitrogens with one attached hydrogen (secondary N) is 2. The molecule has 2 aromatic rings. The summed E-state index contributed by atoms with van der Waals surface area (Å²) < 4.78 is 7.37. The van der Waals surface area contributed by atoms with Crippen molar-refractivity contribution >= 4 is 23.4 Å². The minimum absolute atomic E-state index is 0.124. The van der Waals surface area contributed by atoms with Gasteiger partial charge >= 0.3 is 0 Å². The predicted molar refractivity (Wildman–Crippen MR) is 123 cm³/mol. The van der Waals surface area contributed by atoms with Gasteiger partial charge in [0.2, 0.25) is 11.9 Å². The summed E-state index contributed by atoms with van der Waals surface area (Å²) >= 11 is 0. The third kappa shape index (κ3) is 5.77. The standard InChI is InChI=1S/C22H31N9O2/c1-16-19(15-31(28-16)18-4-8-29(2)14-18)26-22-25-13-17(12-23)21(27-22)24-6-3-7-30-9-11-33-10-5-20(30)32/h13,15,18H,3-11,14H2,1-2H3,(H2,24,25,26,27). The molecule has 1 amide bonds. The van der Waals surface area contributed by atoms with Gasteiger partial charge in [-0.2, -0.15) is 15.3 Å². The Kier molecular flexibility index (Phi) is 7.36. The molecule has 0 radical (unpaired) electrons. The van der Waals surface area contributed by atoms with Gasteiger partial charge in [-0.1, -0.05) is 0 Å². The lowest BCUT2D eigenvalue weighted by Crippen LogP contribution is -2.33. The van der Waals surface area contributed by atoms with Crippen LogP contribution in [0.15, 0.2) is 12.4 Å².